The third kappa shape index (κ3) is 5.40. The highest BCUT2D eigenvalue weighted by molar-refractivity contribution is 5.48. The van der Waals surface area contributed by atoms with Crippen molar-refractivity contribution in [3.63, 3.8) is 0 Å². The molecule has 1 aromatic rings. The molecule has 0 aromatic carbocycles. The molecule has 5 heteroatoms. The Kier molecular flexibility index (Phi) is 7.86. The summed E-state index contributed by atoms with van der Waals surface area (Å²) >= 11 is 0. The van der Waals surface area contributed by atoms with E-state index >= 15 is 0 Å². The zero-order valence-corrected chi connectivity index (χ0v) is 14.7. The van der Waals surface area contributed by atoms with Crippen LogP contribution in [0, 0.1) is 5.92 Å². The maximum absolute atomic E-state index is 12.8. The molecule has 0 bridgehead atoms. The van der Waals surface area contributed by atoms with E-state index in [0.29, 0.717) is 17.9 Å². The highest BCUT2D eigenvalue weighted by Crippen LogP contribution is 2.33. The Morgan fingerprint density at radius 1 is 1.17 bits per heavy atom. The Hall–Kier alpha value is -1.26. The van der Waals surface area contributed by atoms with Gasteiger partial charge >= 0.3 is 6.18 Å². The molecule has 2 rings (SSSR count). The van der Waals surface area contributed by atoms with Crippen LogP contribution in [0.2, 0.25) is 0 Å². The van der Waals surface area contributed by atoms with Gasteiger partial charge in [-0.05, 0) is 43.7 Å². The number of aromatic nitrogens is 1. The summed E-state index contributed by atoms with van der Waals surface area (Å²) in [5.74, 6) is 1.37. The number of aryl methyl sites for hydroxylation is 1. The molecule has 0 atom stereocenters. The van der Waals surface area contributed by atoms with Gasteiger partial charge in [0.1, 0.15) is 5.82 Å². The number of halogens is 3. The fraction of sp³-hybridized carbons (Fsp3) is 0.722. The van der Waals surface area contributed by atoms with Crippen LogP contribution in [0.4, 0.5) is 19.0 Å². The Bertz CT molecular complexity index is 466. The molecule has 0 saturated heterocycles. The molecule has 0 radical (unpaired) electrons. The van der Waals surface area contributed by atoms with Crippen molar-refractivity contribution < 1.29 is 13.2 Å². The standard InChI is InChI=1S/C16H23F3N2.C2H6/c1-3-13-9-14(16(17,18)19)10-20-15(13)21(4-2)11-12-7-5-6-8-12;1-2/h9-10,12H,3-8,11H2,1-2H3;1-2H3. The molecule has 1 aliphatic rings. The van der Waals surface area contributed by atoms with E-state index in [2.05, 4.69) is 9.88 Å². The van der Waals surface area contributed by atoms with Crippen molar-refractivity contribution in [3.05, 3.63) is 23.4 Å². The molecular formula is C18H29F3N2. The van der Waals surface area contributed by atoms with E-state index in [9.17, 15) is 13.2 Å². The lowest BCUT2D eigenvalue weighted by molar-refractivity contribution is -0.137. The Morgan fingerprint density at radius 3 is 2.26 bits per heavy atom. The van der Waals surface area contributed by atoms with Crippen molar-refractivity contribution in [2.75, 3.05) is 18.0 Å². The molecule has 0 spiro atoms. The molecule has 1 fully saturated rings. The van der Waals surface area contributed by atoms with Crippen LogP contribution < -0.4 is 4.90 Å². The van der Waals surface area contributed by atoms with Crippen LogP contribution in [-0.2, 0) is 12.6 Å². The Morgan fingerprint density at radius 2 is 1.78 bits per heavy atom. The lowest BCUT2D eigenvalue weighted by atomic mass is 10.1. The summed E-state index contributed by atoms with van der Waals surface area (Å²) < 4.78 is 38.4. The second kappa shape index (κ2) is 9.14. The molecule has 1 saturated carbocycles. The monoisotopic (exact) mass is 330 g/mol. The predicted molar refractivity (Wildman–Crippen MR) is 89.8 cm³/mol. The maximum atomic E-state index is 12.8. The summed E-state index contributed by atoms with van der Waals surface area (Å²) in [6, 6.07) is 1.25. The van der Waals surface area contributed by atoms with Gasteiger partial charge in [0.2, 0.25) is 0 Å². The smallest absolute Gasteiger partial charge is 0.356 e. The fourth-order valence-corrected chi connectivity index (χ4v) is 3.07. The summed E-state index contributed by atoms with van der Waals surface area (Å²) in [5, 5.41) is 0. The van der Waals surface area contributed by atoms with Crippen molar-refractivity contribution in [3.8, 4) is 0 Å². The zero-order valence-electron chi connectivity index (χ0n) is 14.7. The highest BCUT2D eigenvalue weighted by Gasteiger charge is 2.32. The van der Waals surface area contributed by atoms with E-state index in [1.165, 1.54) is 31.7 Å². The van der Waals surface area contributed by atoms with Gasteiger partial charge in [-0.3, -0.25) is 0 Å². The number of anilines is 1. The van der Waals surface area contributed by atoms with Crippen LogP contribution in [0.3, 0.4) is 0 Å². The molecule has 1 aromatic heterocycles. The third-order valence-corrected chi connectivity index (χ3v) is 4.29. The molecule has 132 valence electrons. The van der Waals surface area contributed by atoms with Gasteiger partial charge in [0.15, 0.2) is 0 Å². The van der Waals surface area contributed by atoms with Crippen LogP contribution in [0.15, 0.2) is 12.3 Å². The largest absolute Gasteiger partial charge is 0.417 e. The maximum Gasteiger partial charge on any atom is 0.417 e. The minimum absolute atomic E-state index is 0.563. The van der Waals surface area contributed by atoms with E-state index in [1.807, 2.05) is 27.7 Å². The second-order valence-electron chi connectivity index (χ2n) is 5.75. The first kappa shape index (κ1) is 19.8. The third-order valence-electron chi connectivity index (χ3n) is 4.29. The van der Waals surface area contributed by atoms with E-state index < -0.39 is 11.7 Å². The first-order chi connectivity index (χ1) is 11.0. The highest BCUT2D eigenvalue weighted by atomic mass is 19.4. The van der Waals surface area contributed by atoms with Crippen LogP contribution in [-0.4, -0.2) is 18.1 Å². The van der Waals surface area contributed by atoms with Crippen LogP contribution in [0.25, 0.3) is 0 Å². The van der Waals surface area contributed by atoms with Gasteiger partial charge in [-0.25, -0.2) is 4.98 Å². The van der Waals surface area contributed by atoms with Gasteiger partial charge in [0.05, 0.1) is 5.56 Å². The minimum Gasteiger partial charge on any atom is -0.356 e. The molecule has 0 unspecified atom stereocenters. The molecule has 0 aliphatic heterocycles. The summed E-state index contributed by atoms with van der Waals surface area (Å²) in [7, 11) is 0. The van der Waals surface area contributed by atoms with Crippen molar-refractivity contribution >= 4 is 5.82 Å². The summed E-state index contributed by atoms with van der Waals surface area (Å²) in [4.78, 5) is 6.27. The molecule has 1 heterocycles. The first-order valence-electron chi connectivity index (χ1n) is 8.76. The van der Waals surface area contributed by atoms with Crippen LogP contribution in [0.1, 0.15) is 64.5 Å². The van der Waals surface area contributed by atoms with Crippen molar-refractivity contribution in [2.24, 2.45) is 5.92 Å². The quantitative estimate of drug-likeness (QED) is 0.688. The number of hydrogen-bond acceptors (Lipinski definition) is 2. The van der Waals surface area contributed by atoms with Gasteiger partial charge in [0, 0.05) is 19.3 Å². The lowest BCUT2D eigenvalue weighted by Crippen LogP contribution is -2.30. The van der Waals surface area contributed by atoms with Gasteiger partial charge in [-0.2, -0.15) is 13.2 Å². The van der Waals surface area contributed by atoms with E-state index in [1.54, 1.807) is 0 Å². The topological polar surface area (TPSA) is 16.1 Å². The normalized spacial score (nSPS) is 15.3. The zero-order chi connectivity index (χ0) is 17.5. The molecular weight excluding hydrogens is 301 g/mol. The van der Waals surface area contributed by atoms with E-state index in [4.69, 9.17) is 0 Å². The van der Waals surface area contributed by atoms with Crippen molar-refractivity contribution in [2.45, 2.75) is 66.0 Å². The summed E-state index contributed by atoms with van der Waals surface area (Å²) in [6.07, 6.45) is 2.18. The van der Waals surface area contributed by atoms with Gasteiger partial charge in [0.25, 0.3) is 0 Å². The van der Waals surface area contributed by atoms with Crippen LogP contribution >= 0.6 is 0 Å². The van der Waals surface area contributed by atoms with Crippen molar-refractivity contribution in [1.82, 2.24) is 4.98 Å². The van der Waals surface area contributed by atoms with Gasteiger partial charge < -0.3 is 4.90 Å². The molecule has 23 heavy (non-hydrogen) atoms. The molecule has 0 amide bonds. The van der Waals surface area contributed by atoms with Crippen molar-refractivity contribution in [1.29, 1.82) is 0 Å². The second-order valence-corrected chi connectivity index (χ2v) is 5.75. The molecule has 0 N–H and O–H groups in total. The number of hydrogen-bond donors (Lipinski definition) is 0. The summed E-state index contributed by atoms with van der Waals surface area (Å²) in [6.45, 7) is 9.60. The number of rotatable bonds is 5. The predicted octanol–water partition coefficient (Wildman–Crippen LogP) is 5.71. The summed E-state index contributed by atoms with van der Waals surface area (Å²) in [5.41, 5.74) is 0.0321. The number of alkyl halides is 3. The average Bonchev–Trinajstić information content (AvgIpc) is 3.06. The lowest BCUT2D eigenvalue weighted by Gasteiger charge is -2.27. The Balaban J connectivity index is 0.00000127. The van der Waals surface area contributed by atoms with Gasteiger partial charge in [-0.15, -0.1) is 0 Å². The van der Waals surface area contributed by atoms with E-state index in [0.717, 1.165) is 25.1 Å². The molecule has 2 nitrogen and oxygen atoms in total. The Labute approximate surface area is 138 Å². The first-order valence-corrected chi connectivity index (χ1v) is 8.76. The number of pyridine rings is 1. The molecule has 1 aliphatic carbocycles. The van der Waals surface area contributed by atoms with Gasteiger partial charge in [-0.1, -0.05) is 33.6 Å². The van der Waals surface area contributed by atoms with Crippen LogP contribution in [0.5, 0.6) is 0 Å². The SMILES string of the molecule is CC.CCc1cc(C(F)(F)F)cnc1N(CC)CC1CCCC1. The average molecular weight is 330 g/mol. The minimum atomic E-state index is -4.32. The fourth-order valence-electron chi connectivity index (χ4n) is 3.07. The number of nitrogens with zero attached hydrogens (tertiary/aromatic N) is 2. The van der Waals surface area contributed by atoms with E-state index in [-0.39, 0.29) is 0 Å².